The predicted molar refractivity (Wildman–Crippen MR) is 102 cm³/mol. The number of benzene rings is 1. The van der Waals surface area contributed by atoms with Crippen LogP contribution >= 0.6 is 11.6 Å². The summed E-state index contributed by atoms with van der Waals surface area (Å²) in [6, 6.07) is 10.3. The normalized spacial score (nSPS) is 18.5. The molecule has 3 rings (SSSR count). The van der Waals surface area contributed by atoms with Crippen LogP contribution < -0.4 is 4.74 Å². The van der Waals surface area contributed by atoms with Crippen molar-refractivity contribution in [2.75, 3.05) is 26.7 Å². The van der Waals surface area contributed by atoms with Gasteiger partial charge >= 0.3 is 0 Å². The third-order valence-electron chi connectivity index (χ3n) is 4.30. The van der Waals surface area contributed by atoms with Crippen molar-refractivity contribution < 1.29 is 4.74 Å². The third kappa shape index (κ3) is 6.06. The molecule has 0 bridgehead atoms. The van der Waals surface area contributed by atoms with Crippen molar-refractivity contribution in [3.63, 3.8) is 0 Å². The Morgan fingerprint density at radius 3 is 2.42 bits per heavy atom. The van der Waals surface area contributed by atoms with E-state index in [4.69, 9.17) is 16.3 Å². The van der Waals surface area contributed by atoms with Crippen LogP contribution in [0.4, 0.5) is 0 Å². The van der Waals surface area contributed by atoms with Crippen LogP contribution in [-0.4, -0.2) is 42.6 Å². The highest BCUT2D eigenvalue weighted by molar-refractivity contribution is 6.31. The lowest BCUT2D eigenvalue weighted by Gasteiger charge is -2.36. The molecule has 0 saturated carbocycles. The Morgan fingerprint density at radius 2 is 1.83 bits per heavy atom. The summed E-state index contributed by atoms with van der Waals surface area (Å²) in [4.78, 5) is 4.76. The molecule has 1 saturated heterocycles. The van der Waals surface area contributed by atoms with Crippen LogP contribution in [0.2, 0.25) is 0 Å². The second kappa shape index (κ2) is 10.2. The Morgan fingerprint density at radius 1 is 1.12 bits per heavy atom. The number of likely N-dealkylation sites (tertiary alicyclic amines) is 1. The Labute approximate surface area is 150 Å². The zero-order valence-corrected chi connectivity index (χ0v) is 15.3. The number of halogens is 1. The van der Waals surface area contributed by atoms with E-state index < -0.39 is 0 Å². The average molecular weight is 347 g/mol. The molecule has 0 atom stereocenters. The summed E-state index contributed by atoms with van der Waals surface area (Å²) in [6.07, 6.45) is 12.6. The monoisotopic (exact) mass is 346 g/mol. The van der Waals surface area contributed by atoms with Gasteiger partial charge in [0.05, 0.1) is 12.1 Å². The van der Waals surface area contributed by atoms with Gasteiger partial charge in [-0.1, -0.05) is 42.8 Å². The lowest BCUT2D eigenvalue weighted by Crippen LogP contribution is -2.41. The lowest BCUT2D eigenvalue weighted by atomic mass is 10.0. The molecule has 1 aromatic rings. The molecule has 2 heterocycles. The van der Waals surface area contributed by atoms with E-state index in [2.05, 4.69) is 29.0 Å². The van der Waals surface area contributed by atoms with Gasteiger partial charge in [-0.05, 0) is 43.7 Å². The Bertz CT molecular complexity index is 560. The first-order chi connectivity index (χ1) is 11.7. The summed E-state index contributed by atoms with van der Waals surface area (Å²) < 4.78 is 4.91. The molecule has 24 heavy (non-hydrogen) atoms. The number of ether oxygens (including phenoxy) is 1. The molecule has 2 aliphatic heterocycles. The fourth-order valence-corrected chi connectivity index (χ4v) is 3.03. The Balaban J connectivity index is 0.000000219. The largest absolute Gasteiger partial charge is 0.497 e. The molecule has 3 nitrogen and oxygen atoms in total. The van der Waals surface area contributed by atoms with E-state index in [0.29, 0.717) is 6.04 Å². The Hall–Kier alpha value is -1.71. The molecule has 4 heteroatoms. The number of methoxy groups -OCH3 is 1. The average Bonchev–Trinajstić information content (AvgIpc) is 2.87. The van der Waals surface area contributed by atoms with Gasteiger partial charge in [-0.25, -0.2) is 0 Å². The minimum atomic E-state index is 0.604. The van der Waals surface area contributed by atoms with Crippen molar-refractivity contribution in [1.82, 2.24) is 9.80 Å². The minimum absolute atomic E-state index is 0.604. The van der Waals surface area contributed by atoms with Gasteiger partial charge in [0, 0.05) is 31.5 Å². The number of nitrogens with zero attached hydrogens (tertiary/aromatic N) is 2. The molecular formula is C20H27ClN2O. The number of para-hydroxylation sites is 1. The standard InChI is InChI=1S/C13H19ClN2.C7H8O/c1-2-15-9-6-13(7-10-15)16-8-4-3-5-12(14)11-16;1-8-7-5-3-2-4-6-7/h3-5,8,11,13H,2,6-7,9-10H2,1H3;2-6H,1H3. The van der Waals surface area contributed by atoms with Crippen molar-refractivity contribution in [1.29, 1.82) is 0 Å². The van der Waals surface area contributed by atoms with Gasteiger partial charge in [0.25, 0.3) is 0 Å². The molecule has 0 radical (unpaired) electrons. The molecule has 0 N–H and O–H groups in total. The minimum Gasteiger partial charge on any atom is -0.497 e. The van der Waals surface area contributed by atoms with E-state index in [9.17, 15) is 0 Å². The van der Waals surface area contributed by atoms with Crippen LogP contribution in [0.25, 0.3) is 0 Å². The second-order valence-electron chi connectivity index (χ2n) is 5.84. The first-order valence-electron chi connectivity index (χ1n) is 8.54. The number of hydrogen-bond acceptors (Lipinski definition) is 3. The number of allylic oxidation sites excluding steroid dienone is 4. The molecule has 0 amide bonds. The lowest BCUT2D eigenvalue weighted by molar-refractivity contribution is 0.171. The van der Waals surface area contributed by atoms with Crippen LogP contribution in [0.1, 0.15) is 19.8 Å². The van der Waals surface area contributed by atoms with Crippen LogP contribution in [-0.2, 0) is 0 Å². The molecule has 130 valence electrons. The SMILES string of the molecule is CCN1CCC(N2C=CC=CC(Cl)=C2)CC1.COc1ccccc1. The maximum atomic E-state index is 6.07. The van der Waals surface area contributed by atoms with Gasteiger partial charge in [-0.15, -0.1) is 0 Å². The van der Waals surface area contributed by atoms with Gasteiger partial charge in [0.15, 0.2) is 0 Å². The quantitative estimate of drug-likeness (QED) is 0.793. The van der Waals surface area contributed by atoms with Crippen molar-refractivity contribution >= 4 is 11.6 Å². The molecule has 2 aliphatic rings. The maximum Gasteiger partial charge on any atom is 0.118 e. The molecule has 1 fully saturated rings. The molecule has 0 aliphatic carbocycles. The molecule has 0 unspecified atom stereocenters. The van der Waals surface area contributed by atoms with Gasteiger partial charge in [0.1, 0.15) is 5.75 Å². The highest BCUT2D eigenvalue weighted by Crippen LogP contribution is 2.20. The second-order valence-corrected chi connectivity index (χ2v) is 6.28. The maximum absolute atomic E-state index is 6.07. The van der Waals surface area contributed by atoms with Gasteiger partial charge in [0.2, 0.25) is 0 Å². The Kier molecular flexibility index (Phi) is 7.93. The fourth-order valence-electron chi connectivity index (χ4n) is 2.84. The summed E-state index contributed by atoms with van der Waals surface area (Å²) in [5, 5.41) is 0.808. The van der Waals surface area contributed by atoms with Gasteiger partial charge in [-0.3, -0.25) is 0 Å². The molecular weight excluding hydrogens is 320 g/mol. The van der Waals surface area contributed by atoms with Crippen molar-refractivity contribution in [3.8, 4) is 5.75 Å². The summed E-state index contributed by atoms with van der Waals surface area (Å²) in [5.74, 6) is 0.910. The highest BCUT2D eigenvalue weighted by Gasteiger charge is 2.21. The van der Waals surface area contributed by atoms with Crippen LogP contribution in [0, 0.1) is 0 Å². The van der Waals surface area contributed by atoms with Crippen molar-refractivity contribution in [2.45, 2.75) is 25.8 Å². The molecule has 0 aromatic heterocycles. The zero-order chi connectivity index (χ0) is 17.2. The van der Waals surface area contributed by atoms with E-state index in [1.165, 1.54) is 32.5 Å². The summed E-state index contributed by atoms with van der Waals surface area (Å²) in [6.45, 7) is 5.79. The van der Waals surface area contributed by atoms with E-state index in [1.54, 1.807) is 7.11 Å². The topological polar surface area (TPSA) is 15.7 Å². The van der Waals surface area contributed by atoms with E-state index in [-0.39, 0.29) is 0 Å². The summed E-state index contributed by atoms with van der Waals surface area (Å²) >= 11 is 6.07. The van der Waals surface area contributed by atoms with Gasteiger partial charge in [-0.2, -0.15) is 0 Å². The van der Waals surface area contributed by atoms with Crippen LogP contribution in [0.3, 0.4) is 0 Å². The zero-order valence-electron chi connectivity index (χ0n) is 14.6. The highest BCUT2D eigenvalue weighted by atomic mass is 35.5. The van der Waals surface area contributed by atoms with Crippen LogP contribution in [0.15, 0.2) is 66.0 Å². The third-order valence-corrected chi connectivity index (χ3v) is 4.53. The summed E-state index contributed by atoms with van der Waals surface area (Å²) in [5.41, 5.74) is 0. The smallest absolute Gasteiger partial charge is 0.118 e. The molecule has 0 spiro atoms. The predicted octanol–water partition coefficient (Wildman–Crippen LogP) is 4.63. The number of piperidine rings is 1. The van der Waals surface area contributed by atoms with Gasteiger partial charge < -0.3 is 14.5 Å². The first-order valence-corrected chi connectivity index (χ1v) is 8.91. The van der Waals surface area contributed by atoms with Crippen molar-refractivity contribution in [3.05, 3.63) is 66.0 Å². The van der Waals surface area contributed by atoms with Crippen molar-refractivity contribution in [2.24, 2.45) is 0 Å². The first kappa shape index (κ1) is 18.6. The fraction of sp³-hybridized carbons (Fsp3) is 0.400. The molecule has 1 aromatic carbocycles. The van der Waals surface area contributed by atoms with E-state index in [1.807, 2.05) is 48.7 Å². The number of rotatable bonds is 3. The summed E-state index contributed by atoms with van der Waals surface area (Å²) in [7, 11) is 1.66. The van der Waals surface area contributed by atoms with E-state index >= 15 is 0 Å². The van der Waals surface area contributed by atoms with Crippen LogP contribution in [0.5, 0.6) is 5.75 Å². The number of hydrogen-bond donors (Lipinski definition) is 0. The van der Waals surface area contributed by atoms with E-state index in [0.717, 1.165) is 10.8 Å².